The Balaban J connectivity index is 1.75. The molecule has 0 unspecified atom stereocenters. The van der Waals surface area contributed by atoms with E-state index < -0.39 is 0 Å². The molecule has 4 aromatic rings. The van der Waals surface area contributed by atoms with E-state index >= 15 is 0 Å². The van der Waals surface area contributed by atoms with E-state index in [4.69, 9.17) is 14.2 Å². The highest BCUT2D eigenvalue weighted by Gasteiger charge is 2.12. The number of esters is 3. The quantitative estimate of drug-likeness (QED) is 0.171. The molecule has 0 aliphatic rings. The molecule has 0 fully saturated rings. The van der Waals surface area contributed by atoms with Crippen LogP contribution in [0.4, 0.5) is 0 Å². The van der Waals surface area contributed by atoms with Gasteiger partial charge in [0.1, 0.15) is 0 Å². The second-order valence-corrected chi connectivity index (χ2v) is 8.69. The largest absolute Gasteiger partial charge is 0.462 e. The highest BCUT2D eigenvalue weighted by molar-refractivity contribution is 5.92. The molecule has 0 aliphatic heterocycles. The predicted octanol–water partition coefficient (Wildman–Crippen LogP) is 7.22. The summed E-state index contributed by atoms with van der Waals surface area (Å²) >= 11 is 0. The van der Waals surface area contributed by atoms with Gasteiger partial charge in [-0.3, -0.25) is 0 Å². The summed E-state index contributed by atoms with van der Waals surface area (Å²) in [4.78, 5) is 36.3. The van der Waals surface area contributed by atoms with Gasteiger partial charge in [0.25, 0.3) is 0 Å². The molecule has 198 valence electrons. The molecular weight excluding hydrogens is 492 g/mol. The molecule has 6 nitrogen and oxygen atoms in total. The number of carbonyl (C=O) groups excluding carboxylic acids is 3. The summed E-state index contributed by atoms with van der Waals surface area (Å²) in [6.07, 6.45) is 0. The summed E-state index contributed by atoms with van der Waals surface area (Å²) in [6.45, 7) is 6.27. The van der Waals surface area contributed by atoms with E-state index in [9.17, 15) is 14.4 Å². The van der Waals surface area contributed by atoms with Gasteiger partial charge >= 0.3 is 17.9 Å². The Kier molecular flexibility index (Phi) is 8.90. The maximum atomic E-state index is 12.1. The van der Waals surface area contributed by atoms with E-state index in [2.05, 4.69) is 18.2 Å². The van der Waals surface area contributed by atoms with E-state index in [-0.39, 0.29) is 17.9 Å². The van der Waals surface area contributed by atoms with Gasteiger partial charge in [0.2, 0.25) is 0 Å². The minimum atomic E-state index is -0.359. The maximum absolute atomic E-state index is 12.1. The Morgan fingerprint density at radius 3 is 0.846 bits per heavy atom. The number of carbonyl (C=O) groups is 3. The van der Waals surface area contributed by atoms with Crippen molar-refractivity contribution in [1.82, 2.24) is 0 Å². The van der Waals surface area contributed by atoms with Gasteiger partial charge in [-0.1, -0.05) is 36.4 Å². The van der Waals surface area contributed by atoms with Gasteiger partial charge in [0, 0.05) is 0 Å². The molecule has 0 aromatic heterocycles. The molecule has 0 heterocycles. The third-order valence-electron chi connectivity index (χ3n) is 6.12. The van der Waals surface area contributed by atoms with Crippen LogP contribution >= 0.6 is 0 Å². The van der Waals surface area contributed by atoms with Crippen LogP contribution in [0.15, 0.2) is 91.0 Å². The molecule has 0 saturated heterocycles. The summed E-state index contributed by atoms with van der Waals surface area (Å²) in [5.41, 5.74) is 7.08. The van der Waals surface area contributed by atoms with Crippen molar-refractivity contribution in [2.24, 2.45) is 0 Å². The van der Waals surface area contributed by atoms with Crippen LogP contribution in [0.1, 0.15) is 51.8 Å². The lowest BCUT2D eigenvalue weighted by atomic mass is 9.92. The molecule has 0 spiro atoms. The van der Waals surface area contributed by atoms with Crippen LogP contribution in [0.5, 0.6) is 0 Å². The molecule has 39 heavy (non-hydrogen) atoms. The molecule has 6 heteroatoms. The highest BCUT2D eigenvalue weighted by atomic mass is 16.5. The Hall–Kier alpha value is -4.71. The average molecular weight is 523 g/mol. The SMILES string of the molecule is CCOC(=O)c1ccc(-c2cc(-c3ccc(C(=O)OCC)cc3)cc(-c3ccc(C(=O)OCC)cc3)c2)cc1. The molecule has 0 saturated carbocycles. The van der Waals surface area contributed by atoms with Gasteiger partial charge in [-0.15, -0.1) is 0 Å². The zero-order valence-electron chi connectivity index (χ0n) is 22.2. The predicted molar refractivity (Wildman–Crippen MR) is 151 cm³/mol. The van der Waals surface area contributed by atoms with Crippen molar-refractivity contribution >= 4 is 17.9 Å². The molecule has 0 atom stereocenters. The van der Waals surface area contributed by atoms with Crippen molar-refractivity contribution < 1.29 is 28.6 Å². The molecule has 0 N–H and O–H groups in total. The van der Waals surface area contributed by atoms with Gasteiger partial charge in [-0.25, -0.2) is 14.4 Å². The maximum Gasteiger partial charge on any atom is 0.338 e. The van der Waals surface area contributed by atoms with Crippen molar-refractivity contribution in [3.63, 3.8) is 0 Å². The van der Waals surface area contributed by atoms with Gasteiger partial charge in [-0.05, 0) is 109 Å². The Morgan fingerprint density at radius 1 is 0.410 bits per heavy atom. The summed E-state index contributed by atoms with van der Waals surface area (Å²) < 4.78 is 15.3. The number of hydrogen-bond acceptors (Lipinski definition) is 6. The van der Waals surface area contributed by atoms with Crippen LogP contribution in [-0.4, -0.2) is 37.7 Å². The van der Waals surface area contributed by atoms with Crippen LogP contribution in [0.25, 0.3) is 33.4 Å². The van der Waals surface area contributed by atoms with Crippen LogP contribution in [0, 0.1) is 0 Å². The third-order valence-corrected chi connectivity index (χ3v) is 6.12. The zero-order chi connectivity index (χ0) is 27.8. The van der Waals surface area contributed by atoms with E-state index in [1.165, 1.54) is 0 Å². The van der Waals surface area contributed by atoms with Crippen LogP contribution in [-0.2, 0) is 14.2 Å². The monoisotopic (exact) mass is 522 g/mol. The fourth-order valence-electron chi connectivity index (χ4n) is 4.17. The van der Waals surface area contributed by atoms with Crippen molar-refractivity contribution in [1.29, 1.82) is 0 Å². The van der Waals surface area contributed by atoms with Gasteiger partial charge in [-0.2, -0.15) is 0 Å². The van der Waals surface area contributed by atoms with Crippen molar-refractivity contribution in [3.05, 3.63) is 108 Å². The summed E-state index contributed by atoms with van der Waals surface area (Å²) in [5.74, 6) is -1.08. The van der Waals surface area contributed by atoms with Crippen LogP contribution in [0.3, 0.4) is 0 Å². The number of rotatable bonds is 9. The Labute approximate surface area is 228 Å². The summed E-state index contributed by atoms with van der Waals surface area (Å²) in [7, 11) is 0. The van der Waals surface area contributed by atoms with E-state index in [0.29, 0.717) is 36.5 Å². The molecule has 4 rings (SSSR count). The third kappa shape index (κ3) is 6.60. The molecular formula is C33H30O6. The summed E-state index contributed by atoms with van der Waals surface area (Å²) in [6, 6.07) is 28.1. The van der Waals surface area contributed by atoms with Crippen molar-refractivity contribution in [2.45, 2.75) is 20.8 Å². The molecule has 0 aliphatic carbocycles. The van der Waals surface area contributed by atoms with E-state index in [1.807, 2.05) is 36.4 Å². The number of benzene rings is 4. The van der Waals surface area contributed by atoms with Gasteiger partial charge in [0.15, 0.2) is 0 Å². The number of ether oxygens (including phenoxy) is 3. The minimum Gasteiger partial charge on any atom is -0.462 e. The second-order valence-electron chi connectivity index (χ2n) is 8.69. The average Bonchev–Trinajstić information content (AvgIpc) is 2.97. The van der Waals surface area contributed by atoms with E-state index in [1.54, 1.807) is 57.2 Å². The number of hydrogen-bond donors (Lipinski definition) is 0. The van der Waals surface area contributed by atoms with E-state index in [0.717, 1.165) is 33.4 Å². The lowest BCUT2D eigenvalue weighted by molar-refractivity contribution is 0.0517. The lowest BCUT2D eigenvalue weighted by Gasteiger charge is -2.12. The molecule has 0 radical (unpaired) electrons. The Morgan fingerprint density at radius 2 is 0.641 bits per heavy atom. The normalized spacial score (nSPS) is 10.5. The first kappa shape index (κ1) is 27.3. The molecule has 0 bridgehead atoms. The minimum absolute atomic E-state index is 0.315. The zero-order valence-corrected chi connectivity index (χ0v) is 22.2. The second kappa shape index (κ2) is 12.7. The van der Waals surface area contributed by atoms with Crippen molar-refractivity contribution in [3.8, 4) is 33.4 Å². The van der Waals surface area contributed by atoms with Gasteiger partial charge < -0.3 is 14.2 Å². The standard InChI is InChI=1S/C33H30O6/c1-4-37-31(34)25-13-7-22(8-14-25)28-19-29(23-9-15-26(16-10-23)32(35)38-5-2)21-30(20-28)24-11-17-27(18-12-24)33(36)39-6-3/h7-21H,4-6H2,1-3H3. The molecule has 4 aromatic carbocycles. The fraction of sp³-hybridized carbons (Fsp3) is 0.182. The fourth-order valence-corrected chi connectivity index (χ4v) is 4.17. The first-order chi connectivity index (χ1) is 18.9. The lowest BCUT2D eigenvalue weighted by Crippen LogP contribution is -2.04. The van der Waals surface area contributed by atoms with Crippen LogP contribution in [0.2, 0.25) is 0 Å². The topological polar surface area (TPSA) is 78.9 Å². The van der Waals surface area contributed by atoms with Crippen molar-refractivity contribution in [2.75, 3.05) is 19.8 Å². The van der Waals surface area contributed by atoms with Gasteiger partial charge in [0.05, 0.1) is 36.5 Å². The van der Waals surface area contributed by atoms with Crippen LogP contribution < -0.4 is 0 Å². The highest BCUT2D eigenvalue weighted by Crippen LogP contribution is 2.33. The first-order valence-electron chi connectivity index (χ1n) is 12.9. The summed E-state index contributed by atoms with van der Waals surface area (Å²) in [5, 5.41) is 0. The Bertz CT molecular complexity index is 1260. The smallest absolute Gasteiger partial charge is 0.338 e. The first-order valence-corrected chi connectivity index (χ1v) is 12.9. The molecule has 0 amide bonds.